The maximum atomic E-state index is 12.5. The quantitative estimate of drug-likeness (QED) is 0.543. The lowest BCUT2D eigenvalue weighted by molar-refractivity contribution is 0.262. The SMILES string of the molecule is CCOc1ccc2nc(NC(=O)Nc3cn(C)c(=O)c4ccccc34)sc2c1. The number of urea groups is 1. The number of rotatable bonds is 4. The Hall–Kier alpha value is -3.39. The van der Waals surface area contributed by atoms with Crippen LogP contribution in [0.4, 0.5) is 15.6 Å². The second-order valence-electron chi connectivity index (χ2n) is 6.17. The highest BCUT2D eigenvalue weighted by molar-refractivity contribution is 7.22. The summed E-state index contributed by atoms with van der Waals surface area (Å²) in [5.74, 6) is 0.770. The van der Waals surface area contributed by atoms with E-state index in [-0.39, 0.29) is 5.56 Å². The van der Waals surface area contributed by atoms with Crippen LogP contribution in [-0.2, 0) is 7.05 Å². The van der Waals surface area contributed by atoms with Gasteiger partial charge in [0.2, 0.25) is 0 Å². The Balaban J connectivity index is 1.58. The van der Waals surface area contributed by atoms with Crippen LogP contribution in [0.5, 0.6) is 5.75 Å². The van der Waals surface area contributed by atoms with Gasteiger partial charge in [0.1, 0.15) is 5.75 Å². The van der Waals surface area contributed by atoms with E-state index in [2.05, 4.69) is 15.6 Å². The number of pyridine rings is 1. The molecule has 0 unspecified atom stereocenters. The average molecular weight is 394 g/mol. The van der Waals surface area contributed by atoms with E-state index < -0.39 is 6.03 Å². The number of aryl methyl sites for hydroxylation is 1. The molecule has 2 amide bonds. The summed E-state index contributed by atoms with van der Waals surface area (Å²) >= 11 is 1.37. The summed E-state index contributed by atoms with van der Waals surface area (Å²) in [5.41, 5.74) is 1.23. The highest BCUT2D eigenvalue weighted by Crippen LogP contribution is 2.29. The number of ether oxygens (including phenoxy) is 1. The van der Waals surface area contributed by atoms with Crippen LogP contribution in [0.3, 0.4) is 0 Å². The van der Waals surface area contributed by atoms with E-state index in [1.807, 2.05) is 31.2 Å². The summed E-state index contributed by atoms with van der Waals surface area (Å²) in [6, 6.07) is 12.4. The number of amides is 2. The Kier molecular flexibility index (Phi) is 4.70. The number of benzene rings is 2. The van der Waals surface area contributed by atoms with Crippen LogP contribution in [-0.4, -0.2) is 22.2 Å². The number of aromatic nitrogens is 2. The predicted molar refractivity (Wildman–Crippen MR) is 113 cm³/mol. The zero-order valence-corrected chi connectivity index (χ0v) is 16.2. The van der Waals surface area contributed by atoms with Crippen LogP contribution in [0, 0.1) is 0 Å². The molecule has 0 saturated heterocycles. The van der Waals surface area contributed by atoms with Crippen molar-refractivity contribution in [1.29, 1.82) is 0 Å². The third-order valence-electron chi connectivity index (χ3n) is 4.23. The molecule has 8 heteroatoms. The second-order valence-corrected chi connectivity index (χ2v) is 7.20. The van der Waals surface area contributed by atoms with Crippen molar-refractivity contribution in [1.82, 2.24) is 9.55 Å². The number of hydrogen-bond donors (Lipinski definition) is 2. The summed E-state index contributed by atoms with van der Waals surface area (Å²) < 4.78 is 7.87. The summed E-state index contributed by atoms with van der Waals surface area (Å²) in [6.07, 6.45) is 1.61. The van der Waals surface area contributed by atoms with E-state index in [0.29, 0.717) is 28.2 Å². The molecule has 0 bridgehead atoms. The summed E-state index contributed by atoms with van der Waals surface area (Å²) in [4.78, 5) is 29.2. The highest BCUT2D eigenvalue weighted by Gasteiger charge is 2.12. The van der Waals surface area contributed by atoms with Gasteiger partial charge in [0.15, 0.2) is 5.13 Å². The molecule has 2 aromatic carbocycles. The van der Waals surface area contributed by atoms with E-state index in [1.54, 1.807) is 31.4 Å². The third-order valence-corrected chi connectivity index (χ3v) is 5.16. The summed E-state index contributed by atoms with van der Waals surface area (Å²) in [7, 11) is 1.65. The number of anilines is 2. The molecule has 0 radical (unpaired) electrons. The number of carbonyl (C=O) groups is 1. The molecule has 28 heavy (non-hydrogen) atoms. The Morgan fingerprint density at radius 3 is 2.75 bits per heavy atom. The molecular weight excluding hydrogens is 376 g/mol. The van der Waals surface area contributed by atoms with Crippen LogP contribution >= 0.6 is 11.3 Å². The van der Waals surface area contributed by atoms with Crippen LogP contribution < -0.4 is 20.9 Å². The van der Waals surface area contributed by atoms with Crippen LogP contribution in [0.2, 0.25) is 0 Å². The fraction of sp³-hybridized carbons (Fsp3) is 0.150. The molecule has 0 aliphatic carbocycles. The minimum absolute atomic E-state index is 0.113. The Labute approximate surface area is 164 Å². The van der Waals surface area contributed by atoms with Crippen molar-refractivity contribution in [3.05, 3.63) is 59.0 Å². The van der Waals surface area contributed by atoms with E-state index in [4.69, 9.17) is 4.74 Å². The van der Waals surface area contributed by atoms with Crippen molar-refractivity contribution in [3.63, 3.8) is 0 Å². The Morgan fingerprint density at radius 2 is 1.96 bits per heavy atom. The van der Waals surface area contributed by atoms with Gasteiger partial charge >= 0.3 is 6.03 Å². The molecule has 142 valence electrons. The molecule has 2 heterocycles. The van der Waals surface area contributed by atoms with Crippen molar-refractivity contribution >= 4 is 49.2 Å². The monoisotopic (exact) mass is 394 g/mol. The molecule has 7 nitrogen and oxygen atoms in total. The lowest BCUT2D eigenvalue weighted by Crippen LogP contribution is -2.22. The molecule has 2 N–H and O–H groups in total. The number of thiazole rings is 1. The van der Waals surface area contributed by atoms with Gasteiger partial charge in [0, 0.05) is 24.0 Å². The van der Waals surface area contributed by atoms with Crippen molar-refractivity contribution in [2.45, 2.75) is 6.92 Å². The molecular formula is C20H18N4O3S. The normalized spacial score (nSPS) is 10.9. The number of fused-ring (bicyclic) bond motifs is 2. The van der Waals surface area contributed by atoms with Gasteiger partial charge in [-0.2, -0.15) is 0 Å². The molecule has 2 aromatic heterocycles. The van der Waals surface area contributed by atoms with Crippen molar-refractivity contribution in [3.8, 4) is 5.75 Å². The lowest BCUT2D eigenvalue weighted by Gasteiger charge is -2.10. The largest absolute Gasteiger partial charge is 0.494 e. The van der Waals surface area contributed by atoms with Gasteiger partial charge < -0.3 is 14.6 Å². The predicted octanol–water partition coefficient (Wildman–Crippen LogP) is 4.19. The standard InChI is InChI=1S/C20H18N4O3S/c1-3-27-12-8-9-15-17(10-12)28-20(22-15)23-19(26)21-16-11-24(2)18(25)14-7-5-4-6-13(14)16/h4-11H,3H2,1-2H3,(H2,21,22,23,26). The van der Waals surface area contributed by atoms with Crippen LogP contribution in [0.25, 0.3) is 21.0 Å². The summed E-state index contributed by atoms with van der Waals surface area (Å²) in [6.45, 7) is 2.52. The average Bonchev–Trinajstić information content (AvgIpc) is 3.07. The molecule has 0 aliphatic heterocycles. The molecule has 0 atom stereocenters. The van der Waals surface area contributed by atoms with Crippen LogP contribution in [0.1, 0.15) is 6.92 Å². The van der Waals surface area contributed by atoms with Gasteiger partial charge in [-0.15, -0.1) is 0 Å². The van der Waals surface area contributed by atoms with Gasteiger partial charge in [0.05, 0.1) is 22.5 Å². The molecule has 0 spiro atoms. The first kappa shape index (κ1) is 18.0. The maximum absolute atomic E-state index is 12.5. The highest BCUT2D eigenvalue weighted by atomic mass is 32.1. The molecule has 0 saturated carbocycles. The van der Waals surface area contributed by atoms with Gasteiger partial charge in [-0.3, -0.25) is 10.1 Å². The van der Waals surface area contributed by atoms with E-state index >= 15 is 0 Å². The Bertz CT molecular complexity index is 1250. The van der Waals surface area contributed by atoms with Crippen LogP contribution in [0.15, 0.2) is 53.5 Å². The molecule has 4 rings (SSSR count). The minimum atomic E-state index is -0.423. The number of hydrogen-bond acceptors (Lipinski definition) is 5. The van der Waals surface area contributed by atoms with E-state index in [0.717, 1.165) is 16.0 Å². The minimum Gasteiger partial charge on any atom is -0.494 e. The third kappa shape index (κ3) is 3.41. The van der Waals surface area contributed by atoms with Gasteiger partial charge in [-0.05, 0) is 31.2 Å². The second kappa shape index (κ2) is 7.32. The van der Waals surface area contributed by atoms with Gasteiger partial charge in [-0.25, -0.2) is 9.78 Å². The number of nitrogens with zero attached hydrogens (tertiary/aromatic N) is 2. The first-order chi connectivity index (χ1) is 13.5. The van der Waals surface area contributed by atoms with Gasteiger partial charge in [0.25, 0.3) is 5.56 Å². The zero-order chi connectivity index (χ0) is 19.7. The number of carbonyl (C=O) groups excluding carboxylic acids is 1. The summed E-state index contributed by atoms with van der Waals surface area (Å²) in [5, 5.41) is 7.28. The zero-order valence-electron chi connectivity index (χ0n) is 15.4. The van der Waals surface area contributed by atoms with Crippen molar-refractivity contribution < 1.29 is 9.53 Å². The molecule has 4 aromatic rings. The topological polar surface area (TPSA) is 85.2 Å². The van der Waals surface area contributed by atoms with Gasteiger partial charge in [-0.1, -0.05) is 29.5 Å². The smallest absolute Gasteiger partial charge is 0.325 e. The fourth-order valence-electron chi connectivity index (χ4n) is 2.98. The van der Waals surface area contributed by atoms with Crippen molar-refractivity contribution in [2.75, 3.05) is 17.2 Å². The maximum Gasteiger partial charge on any atom is 0.325 e. The molecule has 0 fully saturated rings. The van der Waals surface area contributed by atoms with Crippen molar-refractivity contribution in [2.24, 2.45) is 7.05 Å². The fourth-order valence-corrected chi connectivity index (χ4v) is 3.87. The lowest BCUT2D eigenvalue weighted by atomic mass is 10.1. The first-order valence-corrected chi connectivity index (χ1v) is 9.56. The number of nitrogens with one attached hydrogen (secondary N) is 2. The van der Waals surface area contributed by atoms with E-state index in [9.17, 15) is 9.59 Å². The molecule has 0 aliphatic rings. The Morgan fingerprint density at radius 1 is 1.18 bits per heavy atom. The van der Waals surface area contributed by atoms with E-state index in [1.165, 1.54) is 15.9 Å². The first-order valence-electron chi connectivity index (χ1n) is 8.75.